The number of fused-ring (bicyclic) bond motifs is 1. The van der Waals surface area contributed by atoms with E-state index in [1.54, 1.807) is 0 Å². The third-order valence-corrected chi connectivity index (χ3v) is 6.54. The van der Waals surface area contributed by atoms with Crippen molar-refractivity contribution in [3.63, 3.8) is 0 Å². The summed E-state index contributed by atoms with van der Waals surface area (Å²) in [4.78, 5) is 4.95. The smallest absolute Gasteiger partial charge is 0.289 e. The third kappa shape index (κ3) is 4.55. The van der Waals surface area contributed by atoms with Crippen molar-refractivity contribution in [2.24, 2.45) is 0 Å². The Morgan fingerprint density at radius 1 is 0.765 bits per heavy atom. The number of benzene rings is 3. The molecule has 0 unspecified atom stereocenters. The first-order valence-corrected chi connectivity index (χ1v) is 12.2. The lowest BCUT2D eigenvalue weighted by molar-refractivity contribution is 0.406. The fourth-order valence-electron chi connectivity index (χ4n) is 3.84. The Morgan fingerprint density at radius 3 is 2.06 bits per heavy atom. The third-order valence-electron chi connectivity index (χ3n) is 5.61. The van der Waals surface area contributed by atoms with Gasteiger partial charge in [0.1, 0.15) is 5.65 Å². The van der Waals surface area contributed by atoms with E-state index in [2.05, 4.69) is 45.1 Å². The lowest BCUT2D eigenvalue weighted by atomic mass is 10.0. The van der Waals surface area contributed by atoms with Gasteiger partial charge in [-0.3, -0.25) is 4.18 Å². The van der Waals surface area contributed by atoms with Crippen LogP contribution in [0.5, 0.6) is 0 Å². The van der Waals surface area contributed by atoms with Crippen LogP contribution >= 0.6 is 0 Å². The Morgan fingerprint density at radius 2 is 1.41 bits per heavy atom. The first-order valence-electron chi connectivity index (χ1n) is 10.8. The molecular formula is C28H22N2O3S. The molecule has 2 aromatic heterocycles. The van der Waals surface area contributed by atoms with Crippen LogP contribution in [0.1, 0.15) is 5.56 Å². The molecule has 3 aromatic carbocycles. The van der Waals surface area contributed by atoms with Gasteiger partial charge < -0.3 is 4.40 Å². The van der Waals surface area contributed by atoms with E-state index in [0.29, 0.717) is 0 Å². The number of hydrogen-bond acceptors (Lipinski definition) is 4. The van der Waals surface area contributed by atoms with Crippen LogP contribution in [-0.4, -0.2) is 24.9 Å². The van der Waals surface area contributed by atoms with Gasteiger partial charge in [-0.25, -0.2) is 4.98 Å². The Bertz CT molecular complexity index is 1570. The van der Waals surface area contributed by atoms with Crippen LogP contribution in [0.4, 0.5) is 0 Å². The summed E-state index contributed by atoms with van der Waals surface area (Å²) in [6.45, 7) is 0. The summed E-state index contributed by atoms with van der Waals surface area (Å²) in [6, 6.07) is 30.3. The summed E-state index contributed by atoms with van der Waals surface area (Å²) in [6.07, 6.45) is 5.63. The van der Waals surface area contributed by atoms with Crippen molar-refractivity contribution in [3.8, 4) is 33.5 Å². The number of pyridine rings is 1. The molecule has 0 spiro atoms. The minimum absolute atomic E-state index is 0.754. The molecule has 0 radical (unpaired) electrons. The minimum atomic E-state index is -3.65. The normalized spacial score (nSPS) is 11.9. The molecule has 5 nitrogen and oxygen atoms in total. The number of aromatic nitrogens is 2. The fraction of sp³-hybridized carbons (Fsp3) is 0.0357. The largest absolute Gasteiger partial charge is 0.305 e. The Hall–Kier alpha value is -4.00. The molecule has 34 heavy (non-hydrogen) atoms. The van der Waals surface area contributed by atoms with Gasteiger partial charge in [0.25, 0.3) is 10.1 Å². The molecule has 5 aromatic rings. The lowest BCUT2D eigenvalue weighted by Crippen LogP contribution is -1.95. The molecule has 0 aliphatic heterocycles. The van der Waals surface area contributed by atoms with Crippen LogP contribution in [0.15, 0.2) is 109 Å². The molecule has 168 valence electrons. The van der Waals surface area contributed by atoms with Crippen molar-refractivity contribution >= 4 is 21.8 Å². The summed E-state index contributed by atoms with van der Waals surface area (Å²) in [7, 11) is -2.51. The molecule has 0 N–H and O–H groups in total. The standard InChI is InChI=1S/C28H22N2O3S/c1-33-34(31,32)17-16-21-12-14-24(15-13-21)27-20-30-19-25(22-8-4-2-5-9-22)18-26(28(30)29-27)23-10-6-3-7-11-23/h2-20H,1H3. The van der Waals surface area contributed by atoms with Crippen molar-refractivity contribution < 1.29 is 12.6 Å². The maximum absolute atomic E-state index is 11.5. The zero-order valence-corrected chi connectivity index (χ0v) is 19.3. The molecule has 0 fully saturated rings. The van der Waals surface area contributed by atoms with Crippen LogP contribution in [0.2, 0.25) is 0 Å². The highest BCUT2D eigenvalue weighted by atomic mass is 32.2. The predicted octanol–water partition coefficient (Wildman–Crippen LogP) is 6.28. The number of rotatable bonds is 6. The highest BCUT2D eigenvalue weighted by molar-refractivity contribution is 7.89. The van der Waals surface area contributed by atoms with Crippen molar-refractivity contribution in [2.75, 3.05) is 7.11 Å². The van der Waals surface area contributed by atoms with E-state index in [0.717, 1.165) is 57.2 Å². The highest BCUT2D eigenvalue weighted by Gasteiger charge is 2.13. The first-order chi connectivity index (χ1) is 16.5. The Balaban J connectivity index is 1.59. The van der Waals surface area contributed by atoms with Gasteiger partial charge in [0.15, 0.2) is 0 Å². The molecule has 5 rings (SSSR count). The molecule has 0 aliphatic rings. The van der Waals surface area contributed by atoms with Gasteiger partial charge in [-0.15, -0.1) is 0 Å². The molecule has 0 bridgehead atoms. The lowest BCUT2D eigenvalue weighted by Gasteiger charge is -2.09. The number of nitrogens with zero attached hydrogens (tertiary/aromatic N) is 2. The second kappa shape index (κ2) is 9.09. The fourth-order valence-corrected chi connectivity index (χ4v) is 4.27. The van der Waals surface area contributed by atoms with Crippen LogP contribution < -0.4 is 0 Å². The van der Waals surface area contributed by atoms with Crippen LogP contribution in [-0.2, 0) is 14.3 Å². The Labute approximate surface area is 198 Å². The molecule has 0 atom stereocenters. The van der Waals surface area contributed by atoms with Crippen LogP contribution in [0, 0.1) is 0 Å². The predicted molar refractivity (Wildman–Crippen MR) is 136 cm³/mol. The van der Waals surface area contributed by atoms with E-state index in [1.807, 2.05) is 66.9 Å². The van der Waals surface area contributed by atoms with E-state index in [1.165, 1.54) is 6.08 Å². The van der Waals surface area contributed by atoms with E-state index in [9.17, 15) is 8.42 Å². The summed E-state index contributed by atoms with van der Waals surface area (Å²) >= 11 is 0. The monoisotopic (exact) mass is 466 g/mol. The summed E-state index contributed by atoms with van der Waals surface area (Å²) in [5.41, 5.74) is 7.80. The molecule has 0 aliphatic carbocycles. The molecule has 0 saturated heterocycles. The molecule has 2 heterocycles. The van der Waals surface area contributed by atoms with Crippen molar-refractivity contribution in [1.82, 2.24) is 9.38 Å². The summed E-state index contributed by atoms with van der Waals surface area (Å²) in [5, 5.41) is 1.05. The van der Waals surface area contributed by atoms with Gasteiger partial charge in [-0.2, -0.15) is 8.42 Å². The molecular weight excluding hydrogens is 444 g/mol. The van der Waals surface area contributed by atoms with E-state index in [4.69, 9.17) is 4.98 Å². The summed E-state index contributed by atoms with van der Waals surface area (Å²) in [5.74, 6) is 0. The maximum Gasteiger partial charge on any atom is 0.289 e. The topological polar surface area (TPSA) is 60.7 Å². The van der Waals surface area contributed by atoms with E-state index in [-0.39, 0.29) is 0 Å². The maximum atomic E-state index is 11.5. The van der Waals surface area contributed by atoms with Gasteiger partial charge in [-0.1, -0.05) is 84.9 Å². The second-order valence-electron chi connectivity index (χ2n) is 7.82. The quantitative estimate of drug-likeness (QED) is 0.276. The number of imidazole rings is 1. The van der Waals surface area contributed by atoms with Crippen LogP contribution in [0.25, 0.3) is 45.2 Å². The number of hydrogen-bond donors (Lipinski definition) is 0. The molecule has 0 saturated carbocycles. The average Bonchev–Trinajstić information content (AvgIpc) is 3.33. The SMILES string of the molecule is COS(=O)(=O)C=Cc1ccc(-c2cn3cc(-c4ccccc4)cc(-c4ccccc4)c3n2)cc1. The zero-order valence-electron chi connectivity index (χ0n) is 18.5. The minimum Gasteiger partial charge on any atom is -0.305 e. The van der Waals surface area contributed by atoms with E-state index < -0.39 is 10.1 Å². The van der Waals surface area contributed by atoms with Gasteiger partial charge in [-0.05, 0) is 34.4 Å². The Kier molecular flexibility index (Phi) is 5.84. The van der Waals surface area contributed by atoms with Crippen LogP contribution in [0.3, 0.4) is 0 Å². The van der Waals surface area contributed by atoms with Gasteiger partial charge in [0.2, 0.25) is 0 Å². The van der Waals surface area contributed by atoms with Gasteiger partial charge >= 0.3 is 0 Å². The zero-order chi connectivity index (χ0) is 23.5. The average molecular weight is 467 g/mol. The van der Waals surface area contributed by atoms with Gasteiger partial charge in [0, 0.05) is 23.5 Å². The highest BCUT2D eigenvalue weighted by Crippen LogP contribution is 2.32. The summed E-state index contributed by atoms with van der Waals surface area (Å²) < 4.78 is 29.6. The van der Waals surface area contributed by atoms with Gasteiger partial charge in [0.05, 0.1) is 18.2 Å². The molecule has 0 amide bonds. The first kappa shape index (κ1) is 21.8. The van der Waals surface area contributed by atoms with E-state index >= 15 is 0 Å². The molecule has 6 heteroatoms. The van der Waals surface area contributed by atoms with Crippen molar-refractivity contribution in [2.45, 2.75) is 0 Å². The van der Waals surface area contributed by atoms with Crippen molar-refractivity contribution in [3.05, 3.63) is 114 Å². The second-order valence-corrected chi connectivity index (χ2v) is 9.41. The van der Waals surface area contributed by atoms with Crippen molar-refractivity contribution in [1.29, 1.82) is 0 Å².